The van der Waals surface area contributed by atoms with Gasteiger partial charge in [0.05, 0.1) is 16.8 Å². The number of rotatable bonds is 7. The lowest BCUT2D eigenvalue weighted by Crippen LogP contribution is -2.11. The summed E-state index contributed by atoms with van der Waals surface area (Å²) >= 11 is 0. The second-order valence-corrected chi connectivity index (χ2v) is 14.8. The molecule has 1 aromatic heterocycles. The van der Waals surface area contributed by atoms with Crippen LogP contribution < -0.4 is 4.90 Å². The standard InChI is InChI=1S/C56H37NO/c1-3-15-38(16-4-1)39-29-31-40(32-30-39)41-33-35-44(36-34-41)57(52-26-12-11-22-46(52)43-17-5-2-6-18-43)53-27-14-28-54-55(53)51-37-50(48-23-9-10-24-49(48)56(51)58-54)47-25-13-20-42-19-7-8-21-45(42)47/h1-37H. The molecule has 0 spiro atoms. The Balaban J connectivity index is 1.13. The molecule has 2 heteroatoms. The normalized spacial score (nSPS) is 11.4. The van der Waals surface area contributed by atoms with E-state index in [0.717, 1.165) is 61.1 Å². The number of furan rings is 1. The van der Waals surface area contributed by atoms with Crippen molar-refractivity contribution in [3.05, 3.63) is 224 Å². The fraction of sp³-hybridized carbons (Fsp3) is 0. The minimum atomic E-state index is 0.852. The maximum absolute atomic E-state index is 6.91. The summed E-state index contributed by atoms with van der Waals surface area (Å²) < 4.78 is 6.91. The minimum absolute atomic E-state index is 0.852. The van der Waals surface area contributed by atoms with Crippen molar-refractivity contribution in [3.63, 3.8) is 0 Å². The maximum Gasteiger partial charge on any atom is 0.143 e. The van der Waals surface area contributed by atoms with Crippen LogP contribution >= 0.6 is 0 Å². The number of benzene rings is 10. The Morgan fingerprint density at radius 1 is 0.310 bits per heavy atom. The van der Waals surface area contributed by atoms with Gasteiger partial charge in [-0.3, -0.25) is 0 Å². The van der Waals surface area contributed by atoms with Gasteiger partial charge in [-0.2, -0.15) is 0 Å². The van der Waals surface area contributed by atoms with Crippen LogP contribution in [0.5, 0.6) is 0 Å². The molecule has 0 amide bonds. The van der Waals surface area contributed by atoms with Gasteiger partial charge >= 0.3 is 0 Å². The molecule has 58 heavy (non-hydrogen) atoms. The Bertz CT molecular complexity index is 3250. The quantitative estimate of drug-likeness (QED) is 0.162. The molecule has 0 bridgehead atoms. The van der Waals surface area contributed by atoms with Crippen LogP contribution in [0.1, 0.15) is 0 Å². The maximum atomic E-state index is 6.91. The van der Waals surface area contributed by atoms with E-state index in [1.54, 1.807) is 0 Å². The SMILES string of the molecule is c1ccc(-c2ccc(-c3ccc(N(c4ccccc4-c4ccccc4)c4cccc5oc6c7ccccc7c(-c7cccc8ccccc78)cc6c45)cc3)cc2)cc1. The van der Waals surface area contributed by atoms with Gasteiger partial charge in [0, 0.05) is 22.0 Å². The zero-order chi connectivity index (χ0) is 38.4. The van der Waals surface area contributed by atoms with Crippen molar-refractivity contribution in [2.75, 3.05) is 4.90 Å². The molecule has 272 valence electrons. The highest BCUT2D eigenvalue weighted by molar-refractivity contribution is 6.23. The fourth-order valence-electron chi connectivity index (χ4n) is 8.73. The largest absolute Gasteiger partial charge is 0.455 e. The summed E-state index contributed by atoms with van der Waals surface area (Å²) in [5.41, 5.74) is 14.4. The molecular weight excluding hydrogens is 703 g/mol. The second kappa shape index (κ2) is 14.1. The Labute approximate surface area is 337 Å². The molecular formula is C56H37NO. The Morgan fingerprint density at radius 3 is 1.57 bits per heavy atom. The number of para-hydroxylation sites is 1. The molecule has 0 aliphatic carbocycles. The molecule has 0 unspecified atom stereocenters. The highest BCUT2D eigenvalue weighted by Gasteiger charge is 2.24. The molecule has 11 rings (SSSR count). The summed E-state index contributed by atoms with van der Waals surface area (Å²) in [6.45, 7) is 0. The average Bonchev–Trinajstić information content (AvgIpc) is 3.69. The third-order valence-electron chi connectivity index (χ3n) is 11.5. The minimum Gasteiger partial charge on any atom is -0.455 e. The van der Waals surface area contributed by atoms with Gasteiger partial charge in [0.25, 0.3) is 0 Å². The van der Waals surface area contributed by atoms with Gasteiger partial charge in [-0.15, -0.1) is 0 Å². The van der Waals surface area contributed by atoms with Crippen LogP contribution in [-0.2, 0) is 0 Å². The van der Waals surface area contributed by atoms with Crippen molar-refractivity contribution in [2.24, 2.45) is 0 Å². The molecule has 2 nitrogen and oxygen atoms in total. The van der Waals surface area contributed by atoms with Crippen molar-refractivity contribution >= 4 is 60.5 Å². The van der Waals surface area contributed by atoms with E-state index in [4.69, 9.17) is 4.42 Å². The van der Waals surface area contributed by atoms with Crippen molar-refractivity contribution in [1.82, 2.24) is 0 Å². The zero-order valence-electron chi connectivity index (χ0n) is 31.7. The summed E-state index contributed by atoms with van der Waals surface area (Å²) in [5, 5.41) is 6.89. The first-order valence-corrected chi connectivity index (χ1v) is 19.8. The highest BCUT2D eigenvalue weighted by atomic mass is 16.3. The van der Waals surface area contributed by atoms with E-state index < -0.39 is 0 Å². The summed E-state index contributed by atoms with van der Waals surface area (Å²) in [7, 11) is 0. The first kappa shape index (κ1) is 33.6. The van der Waals surface area contributed by atoms with E-state index in [9.17, 15) is 0 Å². The smallest absolute Gasteiger partial charge is 0.143 e. The molecule has 0 radical (unpaired) electrons. The fourth-order valence-corrected chi connectivity index (χ4v) is 8.73. The van der Waals surface area contributed by atoms with Gasteiger partial charge in [-0.25, -0.2) is 0 Å². The Kier molecular flexibility index (Phi) is 8.19. The van der Waals surface area contributed by atoms with E-state index >= 15 is 0 Å². The number of nitrogens with zero attached hydrogens (tertiary/aromatic N) is 1. The van der Waals surface area contributed by atoms with Crippen molar-refractivity contribution in [2.45, 2.75) is 0 Å². The van der Waals surface area contributed by atoms with Crippen LogP contribution in [0.4, 0.5) is 17.1 Å². The molecule has 0 atom stereocenters. The number of hydrogen-bond acceptors (Lipinski definition) is 2. The molecule has 10 aromatic carbocycles. The summed E-state index contributed by atoms with van der Waals surface area (Å²) in [6.07, 6.45) is 0. The number of fused-ring (bicyclic) bond motifs is 6. The topological polar surface area (TPSA) is 16.4 Å². The van der Waals surface area contributed by atoms with Crippen LogP contribution in [0, 0.1) is 0 Å². The summed E-state index contributed by atoms with van der Waals surface area (Å²) in [6, 6.07) is 80.5. The van der Waals surface area contributed by atoms with Gasteiger partial charge in [0.15, 0.2) is 0 Å². The van der Waals surface area contributed by atoms with Crippen LogP contribution in [-0.4, -0.2) is 0 Å². The third kappa shape index (κ3) is 5.74. The highest BCUT2D eigenvalue weighted by Crippen LogP contribution is 2.48. The lowest BCUT2D eigenvalue weighted by molar-refractivity contribution is 0.672. The van der Waals surface area contributed by atoms with Gasteiger partial charge in [-0.1, -0.05) is 188 Å². The molecule has 11 aromatic rings. The molecule has 1 heterocycles. The molecule has 0 aliphatic rings. The van der Waals surface area contributed by atoms with Gasteiger partial charge in [0.2, 0.25) is 0 Å². The second-order valence-electron chi connectivity index (χ2n) is 14.8. The number of hydrogen-bond donors (Lipinski definition) is 0. The Hall–Kier alpha value is -7.68. The van der Waals surface area contributed by atoms with Gasteiger partial charge in [-0.05, 0) is 91.5 Å². The Morgan fingerprint density at radius 2 is 0.828 bits per heavy atom. The molecule has 0 saturated carbocycles. The number of anilines is 3. The molecule has 0 saturated heterocycles. The van der Waals surface area contributed by atoms with E-state index in [0.29, 0.717) is 0 Å². The first-order valence-electron chi connectivity index (χ1n) is 19.8. The first-order chi connectivity index (χ1) is 28.8. The van der Waals surface area contributed by atoms with Crippen LogP contribution in [0.3, 0.4) is 0 Å². The summed E-state index contributed by atoms with van der Waals surface area (Å²) in [4.78, 5) is 2.41. The molecule has 0 aliphatic heterocycles. The van der Waals surface area contributed by atoms with Crippen LogP contribution in [0.25, 0.3) is 88.0 Å². The predicted octanol–water partition coefficient (Wildman–Crippen LogP) is 16.0. The van der Waals surface area contributed by atoms with E-state index in [1.165, 1.54) is 44.0 Å². The molecule has 0 N–H and O–H groups in total. The van der Waals surface area contributed by atoms with E-state index in [-0.39, 0.29) is 0 Å². The van der Waals surface area contributed by atoms with Crippen LogP contribution in [0.2, 0.25) is 0 Å². The van der Waals surface area contributed by atoms with Crippen molar-refractivity contribution < 1.29 is 4.42 Å². The third-order valence-corrected chi connectivity index (χ3v) is 11.5. The van der Waals surface area contributed by atoms with Gasteiger partial charge in [0.1, 0.15) is 11.2 Å². The lowest BCUT2D eigenvalue weighted by atomic mass is 9.92. The van der Waals surface area contributed by atoms with E-state index in [1.807, 2.05) is 0 Å². The van der Waals surface area contributed by atoms with Crippen LogP contribution in [0.15, 0.2) is 229 Å². The monoisotopic (exact) mass is 739 g/mol. The molecule has 0 fully saturated rings. The lowest BCUT2D eigenvalue weighted by Gasteiger charge is -2.28. The van der Waals surface area contributed by atoms with Crippen molar-refractivity contribution in [3.8, 4) is 44.5 Å². The van der Waals surface area contributed by atoms with E-state index in [2.05, 4.69) is 229 Å². The average molecular weight is 740 g/mol. The summed E-state index contributed by atoms with van der Waals surface area (Å²) in [5.74, 6) is 0. The van der Waals surface area contributed by atoms with Crippen molar-refractivity contribution in [1.29, 1.82) is 0 Å². The zero-order valence-corrected chi connectivity index (χ0v) is 31.7. The predicted molar refractivity (Wildman–Crippen MR) is 245 cm³/mol. The van der Waals surface area contributed by atoms with Gasteiger partial charge < -0.3 is 9.32 Å².